The summed E-state index contributed by atoms with van der Waals surface area (Å²) in [6.45, 7) is 51.2. The van der Waals surface area contributed by atoms with Crippen molar-refractivity contribution in [1.29, 1.82) is 0 Å². The van der Waals surface area contributed by atoms with Gasteiger partial charge in [-0.25, -0.2) is 13.2 Å². The van der Waals surface area contributed by atoms with Crippen LogP contribution in [0.2, 0.25) is 54.4 Å². The fourth-order valence-corrected chi connectivity index (χ4v) is 21.0. The SMILES string of the molecule is C=C(C)[C@H](C)C[C@H]1CC[C@@H]2OC(CCC(/C=C/[C@H](O[Si](C)(C)C(C)(C)C)[C@@H]3O[C@H]4CC[C@H](CC(O)C(C5[C@H](CCC)O[C@H](C[C@H](C)CC)[C@@H]5C)S(=O)(=O)c5ccccc5)O[C@@H]4[C@H](O[Si](C)(C)C(C)(C)C)[C@@H]3O[Si](C)(C)C(C)(C)C)OC(=O)c3ccccc3)C[C@]2(CI)O1. The Hall–Kier alpha value is -1.64. The van der Waals surface area contributed by atoms with E-state index in [2.05, 4.69) is 178 Å². The normalized spacial score (nSPS) is 31.3. The number of aliphatic hydroxyl groups excluding tert-OH is 1. The summed E-state index contributed by atoms with van der Waals surface area (Å²) in [5.74, 6) is -0.204. The smallest absolute Gasteiger partial charge is 0.338 e. The van der Waals surface area contributed by atoms with Gasteiger partial charge in [-0.1, -0.05) is 187 Å². The van der Waals surface area contributed by atoms with Gasteiger partial charge in [-0.05, 0) is 167 Å². The Morgan fingerprint density at radius 1 is 0.742 bits per heavy atom. The van der Waals surface area contributed by atoms with Gasteiger partial charge in [0.1, 0.15) is 36.1 Å². The molecule has 0 saturated carbocycles. The lowest BCUT2D eigenvalue weighted by atomic mass is 9.79. The van der Waals surface area contributed by atoms with E-state index in [0.717, 1.165) is 49.4 Å². The average Bonchev–Trinajstić information content (AvgIpc) is 1.65. The van der Waals surface area contributed by atoms with Gasteiger partial charge in [0.15, 0.2) is 34.8 Å². The number of esters is 1. The van der Waals surface area contributed by atoms with Crippen molar-refractivity contribution in [3.63, 3.8) is 0 Å². The van der Waals surface area contributed by atoms with E-state index in [9.17, 15) is 9.90 Å². The molecule has 0 spiro atoms. The third kappa shape index (κ3) is 19.1. The molecule has 7 rings (SSSR count). The molecule has 2 aromatic rings. The molecule has 93 heavy (non-hydrogen) atoms. The van der Waals surface area contributed by atoms with Crippen LogP contribution in [0.1, 0.15) is 198 Å². The molecule has 1 N–H and O–H groups in total. The maximum atomic E-state index is 15.4. The standard InChI is InChI=1S/C75H125IO13SSi3/c1-23-31-60-65(52(7)63(84-60)44-50(5)24-2)70(90(79,80)58-34-29-26-30-35-58)59(77)46-55-39-41-61-66(82-55)68(88-92(19,20)73(11,12)13)69(89-93(21,22)74(14,15)16)67(85-61)62(87-91(17,18)72(8,9)10)42-38-54(83-71(78)53-32-27-25-28-33-53)36-37-57-47-75(48-76)64(81-57)43-40-56(86-75)45-51(6)49(3)4/h25-30,32-35,38,42,50-52,54-57,59-70,77H,3,23-24,31,36-37,39-41,43-48H2,1-2,4-22H3/b42-38+/t50-,51-,52+,54?,55-,56-,57?,59?,60+,61+,62+,63-,64+,65?,66+,67+,68+,69-,70?,75-/m1/s1. The molecule has 0 aliphatic carbocycles. The lowest BCUT2D eigenvalue weighted by molar-refractivity contribution is -0.268. The van der Waals surface area contributed by atoms with Crippen molar-refractivity contribution in [2.75, 3.05) is 4.43 Å². The number of ether oxygens (including phenoxy) is 6. The molecule has 5 heterocycles. The number of alkyl halides is 1. The third-order valence-electron chi connectivity index (χ3n) is 23.3. The zero-order chi connectivity index (χ0) is 69.0. The summed E-state index contributed by atoms with van der Waals surface area (Å²) < 4.78 is 97.8. The van der Waals surface area contributed by atoms with Gasteiger partial charge in [0, 0.05) is 23.2 Å². The Morgan fingerprint density at radius 2 is 1.33 bits per heavy atom. The van der Waals surface area contributed by atoms with Crippen molar-refractivity contribution in [3.05, 3.63) is 90.5 Å². The highest BCUT2D eigenvalue weighted by Gasteiger charge is 2.60. The summed E-state index contributed by atoms with van der Waals surface area (Å²) >= 11 is 2.48. The first kappa shape index (κ1) is 78.7. The van der Waals surface area contributed by atoms with E-state index in [1.54, 1.807) is 36.4 Å². The van der Waals surface area contributed by atoms with E-state index in [0.29, 0.717) is 49.5 Å². The molecule has 18 heteroatoms. The Labute approximate surface area is 580 Å². The largest absolute Gasteiger partial charge is 0.455 e. The highest BCUT2D eigenvalue weighted by Crippen LogP contribution is 2.51. The van der Waals surface area contributed by atoms with Gasteiger partial charge < -0.3 is 46.8 Å². The molecule has 0 radical (unpaired) electrons. The number of hydrogen-bond donors (Lipinski definition) is 1. The van der Waals surface area contributed by atoms with Crippen molar-refractivity contribution >= 4 is 63.3 Å². The summed E-state index contributed by atoms with van der Waals surface area (Å²) in [5, 5.41) is 11.3. The van der Waals surface area contributed by atoms with E-state index in [1.807, 2.05) is 30.3 Å². The third-order valence-corrected chi connectivity index (χ3v) is 40.3. The van der Waals surface area contributed by atoms with E-state index in [4.69, 9.17) is 41.7 Å². The first-order valence-corrected chi connectivity index (χ1v) is 47.4. The molecule has 528 valence electrons. The van der Waals surface area contributed by atoms with Gasteiger partial charge in [-0.2, -0.15) is 0 Å². The fraction of sp³-hybridized carbons (Fsp3) is 0.773. The van der Waals surface area contributed by atoms with Crippen LogP contribution in [-0.4, -0.2) is 145 Å². The van der Waals surface area contributed by atoms with Crippen LogP contribution in [0.25, 0.3) is 0 Å². The predicted molar refractivity (Wildman–Crippen MR) is 393 cm³/mol. The molecule has 5 aliphatic rings. The zero-order valence-electron chi connectivity index (χ0n) is 61.1. The number of sulfone groups is 1. The number of fused-ring (bicyclic) bond motifs is 2. The van der Waals surface area contributed by atoms with Crippen LogP contribution in [0.4, 0.5) is 0 Å². The molecule has 2 aromatic carbocycles. The number of rotatable bonds is 29. The van der Waals surface area contributed by atoms with E-state index in [-0.39, 0.29) is 68.5 Å². The summed E-state index contributed by atoms with van der Waals surface area (Å²) in [6, 6.07) is 17.9. The molecule has 5 fully saturated rings. The van der Waals surface area contributed by atoms with Crippen molar-refractivity contribution in [2.24, 2.45) is 23.7 Å². The summed E-state index contributed by atoms with van der Waals surface area (Å²) in [4.78, 5) is 14.5. The number of allylic oxidation sites excluding steroid dienone is 1. The topological polar surface area (TPSA) is 155 Å². The van der Waals surface area contributed by atoms with Crippen molar-refractivity contribution in [3.8, 4) is 0 Å². The molecular weight excluding hydrogens is 1350 g/mol. The molecule has 0 bridgehead atoms. The molecule has 5 aliphatic heterocycles. The number of carbonyl (C=O) groups is 1. The molecule has 0 amide bonds. The van der Waals surface area contributed by atoms with E-state index >= 15 is 8.42 Å². The minimum absolute atomic E-state index is 0.0103. The molecule has 5 saturated heterocycles. The van der Waals surface area contributed by atoms with Crippen molar-refractivity contribution in [2.45, 2.75) is 343 Å². The maximum Gasteiger partial charge on any atom is 0.338 e. The minimum atomic E-state index is -4.10. The molecule has 13 nitrogen and oxygen atoms in total. The van der Waals surface area contributed by atoms with Crippen LogP contribution < -0.4 is 0 Å². The van der Waals surface area contributed by atoms with Crippen LogP contribution in [-0.2, 0) is 51.5 Å². The Balaban J connectivity index is 1.29. The van der Waals surface area contributed by atoms with E-state index < -0.39 is 107 Å². The lowest BCUT2D eigenvalue weighted by Gasteiger charge is -2.56. The second kappa shape index (κ2) is 31.9. The lowest BCUT2D eigenvalue weighted by Crippen LogP contribution is -2.69. The van der Waals surface area contributed by atoms with Gasteiger partial charge >= 0.3 is 5.97 Å². The minimum Gasteiger partial charge on any atom is -0.455 e. The average molecular weight is 1480 g/mol. The second-order valence-electron chi connectivity index (χ2n) is 33.5. The van der Waals surface area contributed by atoms with Gasteiger partial charge in [-0.3, -0.25) is 0 Å². The number of hydrogen-bond acceptors (Lipinski definition) is 13. The number of benzene rings is 2. The van der Waals surface area contributed by atoms with Crippen LogP contribution in [0.3, 0.4) is 0 Å². The highest BCUT2D eigenvalue weighted by molar-refractivity contribution is 14.1. The van der Waals surface area contributed by atoms with Gasteiger partial charge in [0.2, 0.25) is 0 Å². The molecule has 20 atom stereocenters. The number of carbonyl (C=O) groups excluding carboxylic acids is 1. The number of aliphatic hydroxyl groups is 1. The Bertz CT molecular complexity index is 2860. The summed E-state index contributed by atoms with van der Waals surface area (Å²) in [5.41, 5.74) is 1.26. The van der Waals surface area contributed by atoms with Gasteiger partial charge in [-0.15, -0.1) is 0 Å². The van der Waals surface area contributed by atoms with Crippen LogP contribution in [0.5, 0.6) is 0 Å². The maximum absolute atomic E-state index is 15.4. The Kier molecular flexibility index (Phi) is 27.0. The molecule has 5 unspecified atom stereocenters. The molecule has 0 aromatic heterocycles. The predicted octanol–water partition coefficient (Wildman–Crippen LogP) is 18.0. The quantitative estimate of drug-likeness (QED) is 0.0270. The van der Waals surface area contributed by atoms with Gasteiger partial charge in [0.05, 0.1) is 70.6 Å². The summed E-state index contributed by atoms with van der Waals surface area (Å²) in [6.07, 6.45) is 6.60. The Morgan fingerprint density at radius 3 is 1.90 bits per heavy atom. The van der Waals surface area contributed by atoms with Gasteiger partial charge in [0.25, 0.3) is 0 Å². The second-order valence-corrected chi connectivity index (χ2v) is 50.6. The molecular formula is C75H125IO13SSi3. The first-order chi connectivity index (χ1) is 43.2. The first-order valence-electron chi connectivity index (χ1n) is 35.7. The van der Waals surface area contributed by atoms with Crippen LogP contribution in [0, 0.1) is 23.7 Å². The van der Waals surface area contributed by atoms with Crippen molar-refractivity contribution < 1.29 is 60.0 Å². The zero-order valence-corrected chi connectivity index (χ0v) is 67.1. The highest BCUT2D eigenvalue weighted by atomic mass is 127. The fourth-order valence-electron chi connectivity index (χ4n) is 14.0. The van der Waals surface area contributed by atoms with Crippen LogP contribution in [0.15, 0.2) is 89.9 Å². The monoisotopic (exact) mass is 1480 g/mol. The van der Waals surface area contributed by atoms with Crippen LogP contribution >= 0.6 is 22.6 Å². The summed E-state index contributed by atoms with van der Waals surface area (Å²) in [7, 11) is -12.2. The van der Waals surface area contributed by atoms with Crippen molar-refractivity contribution in [1.82, 2.24) is 0 Å². The number of halogens is 1. The van der Waals surface area contributed by atoms with E-state index in [1.165, 1.54) is 5.57 Å².